The molecule has 0 aromatic heterocycles. The van der Waals surface area contributed by atoms with Crippen LogP contribution in [-0.4, -0.2) is 53.6 Å². The average molecular weight is 465 g/mol. The highest BCUT2D eigenvalue weighted by Gasteiger charge is 2.56. The van der Waals surface area contributed by atoms with E-state index in [1.54, 1.807) is 11.8 Å². The lowest BCUT2D eigenvalue weighted by Gasteiger charge is -2.32. The second-order valence-corrected chi connectivity index (χ2v) is 9.08. The Morgan fingerprint density at radius 1 is 1.09 bits per heavy atom. The Hall–Kier alpha value is -3.19. The number of amides is 2. The number of hydrogen-bond donors (Lipinski definition) is 2. The van der Waals surface area contributed by atoms with Crippen LogP contribution in [0.25, 0.3) is 10.8 Å². The van der Waals surface area contributed by atoms with Gasteiger partial charge in [0.15, 0.2) is 0 Å². The molecule has 0 spiro atoms. The summed E-state index contributed by atoms with van der Waals surface area (Å²) >= 11 is 0. The average Bonchev–Trinajstić information content (AvgIpc) is 3.11. The van der Waals surface area contributed by atoms with Gasteiger partial charge >= 0.3 is 5.97 Å². The number of fused-ring (bicyclic) bond motifs is 2. The van der Waals surface area contributed by atoms with Crippen LogP contribution in [-0.2, 0) is 19.1 Å². The van der Waals surface area contributed by atoms with Gasteiger partial charge in [-0.2, -0.15) is 0 Å². The van der Waals surface area contributed by atoms with Gasteiger partial charge in [0.2, 0.25) is 11.8 Å². The summed E-state index contributed by atoms with van der Waals surface area (Å²) in [6.45, 7) is 4.25. The standard InChI is InChI=1S/C27H32N2O5/c1-3-34-27(33)22-17(2)10-13-21-23(22)26(32)29(14-6-7-15-30)24(21)25(31)28-20-12-11-18-8-4-5-9-19(18)16-20/h4-5,8-13,16-17,21-24,30H,3,6-7,14-15H2,1-2H3,(H,28,31)/t17-,21+,22-,23+,24+/m1/s1. The molecule has 2 aromatic carbocycles. The van der Waals surface area contributed by atoms with E-state index in [1.165, 1.54) is 0 Å². The van der Waals surface area contributed by atoms with Crippen molar-refractivity contribution in [2.75, 3.05) is 25.1 Å². The van der Waals surface area contributed by atoms with Gasteiger partial charge in [0.25, 0.3) is 0 Å². The summed E-state index contributed by atoms with van der Waals surface area (Å²) in [5.74, 6) is -2.72. The Morgan fingerprint density at radius 2 is 1.85 bits per heavy atom. The van der Waals surface area contributed by atoms with Crippen LogP contribution in [0.5, 0.6) is 0 Å². The van der Waals surface area contributed by atoms with Crippen LogP contribution in [0, 0.1) is 23.7 Å². The Bertz CT molecular complexity index is 1100. The van der Waals surface area contributed by atoms with Gasteiger partial charge in [-0.15, -0.1) is 0 Å². The van der Waals surface area contributed by atoms with Crippen molar-refractivity contribution in [3.63, 3.8) is 0 Å². The lowest BCUT2D eigenvalue weighted by molar-refractivity contribution is -0.155. The molecule has 34 heavy (non-hydrogen) atoms. The van der Waals surface area contributed by atoms with Crippen LogP contribution in [0.4, 0.5) is 5.69 Å². The van der Waals surface area contributed by atoms with Crippen LogP contribution >= 0.6 is 0 Å². The lowest BCUT2D eigenvalue weighted by Crippen LogP contribution is -2.44. The number of rotatable bonds is 8. The molecule has 1 saturated heterocycles. The first-order valence-electron chi connectivity index (χ1n) is 12.0. The zero-order chi connectivity index (χ0) is 24.2. The molecule has 0 radical (unpaired) electrons. The minimum Gasteiger partial charge on any atom is -0.466 e. The third-order valence-corrected chi connectivity index (χ3v) is 6.93. The molecule has 1 aliphatic carbocycles. The molecule has 7 nitrogen and oxygen atoms in total. The number of carbonyl (C=O) groups excluding carboxylic acids is 3. The van der Waals surface area contributed by atoms with Crippen LogP contribution in [0.1, 0.15) is 26.7 Å². The van der Waals surface area contributed by atoms with Crippen molar-refractivity contribution >= 4 is 34.2 Å². The van der Waals surface area contributed by atoms with Crippen LogP contribution in [0.3, 0.4) is 0 Å². The molecule has 2 aromatic rings. The molecular formula is C27H32N2O5. The number of allylic oxidation sites excluding steroid dienone is 1. The molecule has 0 saturated carbocycles. The maximum absolute atomic E-state index is 13.6. The molecule has 1 aliphatic heterocycles. The maximum atomic E-state index is 13.6. The molecule has 2 aliphatic rings. The quantitative estimate of drug-likeness (QED) is 0.355. The SMILES string of the molecule is CCOC(=O)[C@H]1[C@H]2C(=O)N(CCCCO)[C@H](C(=O)Nc3ccc4ccccc4c3)[C@H]2C=C[C@H]1C. The number of likely N-dealkylation sites (tertiary alicyclic amines) is 1. The van der Waals surface area contributed by atoms with Gasteiger partial charge < -0.3 is 20.1 Å². The zero-order valence-electron chi connectivity index (χ0n) is 19.6. The van der Waals surface area contributed by atoms with Gasteiger partial charge in [-0.1, -0.05) is 49.4 Å². The van der Waals surface area contributed by atoms with Crippen molar-refractivity contribution < 1.29 is 24.2 Å². The maximum Gasteiger partial charge on any atom is 0.310 e. The number of unbranched alkanes of at least 4 members (excludes halogenated alkanes) is 1. The molecule has 1 heterocycles. The van der Waals surface area contributed by atoms with Gasteiger partial charge in [0.05, 0.1) is 18.4 Å². The normalized spacial score (nSPS) is 25.9. The van der Waals surface area contributed by atoms with E-state index in [2.05, 4.69) is 5.32 Å². The largest absolute Gasteiger partial charge is 0.466 e. The Morgan fingerprint density at radius 3 is 2.59 bits per heavy atom. The number of hydrogen-bond acceptors (Lipinski definition) is 5. The van der Waals surface area contributed by atoms with Gasteiger partial charge in [0, 0.05) is 24.8 Å². The van der Waals surface area contributed by atoms with E-state index in [1.807, 2.05) is 61.5 Å². The van der Waals surface area contributed by atoms with Crippen molar-refractivity contribution in [3.8, 4) is 0 Å². The minimum absolute atomic E-state index is 0.0191. The van der Waals surface area contributed by atoms with Crippen molar-refractivity contribution in [1.82, 2.24) is 4.90 Å². The van der Waals surface area contributed by atoms with E-state index in [4.69, 9.17) is 4.74 Å². The number of anilines is 1. The van der Waals surface area contributed by atoms with Crippen molar-refractivity contribution in [2.45, 2.75) is 32.7 Å². The van der Waals surface area contributed by atoms with Gasteiger partial charge in [0.1, 0.15) is 6.04 Å². The van der Waals surface area contributed by atoms with Crippen molar-refractivity contribution in [2.24, 2.45) is 23.7 Å². The Balaban J connectivity index is 1.64. The van der Waals surface area contributed by atoms with Crippen molar-refractivity contribution in [3.05, 3.63) is 54.6 Å². The summed E-state index contributed by atoms with van der Waals surface area (Å²) < 4.78 is 5.30. The van der Waals surface area contributed by atoms with E-state index in [9.17, 15) is 19.5 Å². The third-order valence-electron chi connectivity index (χ3n) is 6.93. The first-order valence-corrected chi connectivity index (χ1v) is 12.0. The number of benzene rings is 2. The molecule has 4 rings (SSSR count). The highest BCUT2D eigenvalue weighted by Crippen LogP contribution is 2.44. The molecule has 7 heteroatoms. The number of aliphatic hydroxyl groups excluding tert-OH is 1. The summed E-state index contributed by atoms with van der Waals surface area (Å²) in [6, 6.07) is 12.9. The first kappa shape index (κ1) is 24.0. The smallest absolute Gasteiger partial charge is 0.310 e. The van der Waals surface area contributed by atoms with E-state index >= 15 is 0 Å². The van der Waals surface area contributed by atoms with Gasteiger partial charge in [-0.3, -0.25) is 14.4 Å². The summed E-state index contributed by atoms with van der Waals surface area (Å²) in [6.07, 6.45) is 4.94. The molecule has 2 N–H and O–H groups in total. The van der Waals surface area contributed by atoms with Gasteiger partial charge in [-0.25, -0.2) is 0 Å². The summed E-state index contributed by atoms with van der Waals surface area (Å²) in [4.78, 5) is 41.5. The highest BCUT2D eigenvalue weighted by molar-refractivity contribution is 6.02. The second kappa shape index (κ2) is 10.4. The highest BCUT2D eigenvalue weighted by atomic mass is 16.5. The molecule has 1 fully saturated rings. The Labute approximate surface area is 199 Å². The predicted molar refractivity (Wildman–Crippen MR) is 130 cm³/mol. The minimum atomic E-state index is -0.733. The predicted octanol–water partition coefficient (Wildman–Crippen LogP) is 3.38. The van der Waals surface area contributed by atoms with Crippen LogP contribution < -0.4 is 5.32 Å². The molecule has 5 atom stereocenters. The summed E-state index contributed by atoms with van der Waals surface area (Å²) in [5.41, 5.74) is 0.657. The van der Waals surface area contributed by atoms with Crippen LogP contribution in [0.2, 0.25) is 0 Å². The van der Waals surface area contributed by atoms with Crippen molar-refractivity contribution in [1.29, 1.82) is 0 Å². The number of carbonyl (C=O) groups is 3. The molecular weight excluding hydrogens is 432 g/mol. The van der Waals surface area contributed by atoms with E-state index in [0.717, 1.165) is 10.8 Å². The second-order valence-electron chi connectivity index (χ2n) is 9.08. The number of nitrogens with zero attached hydrogens (tertiary/aromatic N) is 1. The zero-order valence-corrected chi connectivity index (χ0v) is 19.6. The molecule has 2 amide bonds. The first-order chi connectivity index (χ1) is 16.5. The fourth-order valence-corrected chi connectivity index (χ4v) is 5.31. The molecule has 180 valence electrons. The third kappa shape index (κ3) is 4.57. The topological polar surface area (TPSA) is 95.9 Å². The number of nitrogens with one attached hydrogen (secondary N) is 1. The number of aliphatic hydroxyl groups is 1. The van der Waals surface area contributed by atoms with E-state index in [0.29, 0.717) is 25.1 Å². The fourth-order valence-electron chi connectivity index (χ4n) is 5.31. The summed E-state index contributed by atoms with van der Waals surface area (Å²) in [7, 11) is 0. The van der Waals surface area contributed by atoms with Gasteiger partial charge in [-0.05, 0) is 48.6 Å². The number of ether oxygens (including phenoxy) is 1. The lowest BCUT2D eigenvalue weighted by atomic mass is 9.70. The monoisotopic (exact) mass is 464 g/mol. The Kier molecular flexibility index (Phi) is 7.32. The fraction of sp³-hybridized carbons (Fsp3) is 0.444. The van der Waals surface area contributed by atoms with E-state index < -0.39 is 29.8 Å². The van der Waals surface area contributed by atoms with Crippen LogP contribution in [0.15, 0.2) is 54.6 Å². The molecule has 0 unspecified atom stereocenters. The number of esters is 1. The summed E-state index contributed by atoms with van der Waals surface area (Å²) in [5, 5.41) is 14.3. The van der Waals surface area contributed by atoms with E-state index in [-0.39, 0.29) is 30.9 Å². The molecule has 0 bridgehead atoms.